The molecule has 0 aromatic heterocycles. The normalized spacial score (nSPS) is 28.3. The molecule has 1 aromatic rings. The molecule has 1 amide bonds. The summed E-state index contributed by atoms with van der Waals surface area (Å²) in [4.78, 5) is 16.9. The second kappa shape index (κ2) is 9.02. The van der Waals surface area contributed by atoms with Gasteiger partial charge in [-0.05, 0) is 31.2 Å². The summed E-state index contributed by atoms with van der Waals surface area (Å²) in [6.07, 6.45) is 3.08. The maximum Gasteiger partial charge on any atom is 0.260 e. The molecule has 1 aromatic carbocycles. The Morgan fingerprint density at radius 2 is 2.10 bits per heavy atom. The molecule has 0 bridgehead atoms. The number of rotatable bonds is 6. The molecule has 0 saturated carbocycles. The van der Waals surface area contributed by atoms with Gasteiger partial charge in [0.25, 0.3) is 5.91 Å². The number of aliphatic hydroxyl groups is 1. The Morgan fingerprint density at radius 3 is 2.86 bits per heavy atom. The van der Waals surface area contributed by atoms with Crippen molar-refractivity contribution in [3.63, 3.8) is 0 Å². The van der Waals surface area contributed by atoms with E-state index in [4.69, 9.17) is 9.47 Å². The number of likely N-dealkylation sites (tertiary alicyclic amines) is 2. The minimum absolute atomic E-state index is 0.0323. The lowest BCUT2D eigenvalue weighted by atomic mass is 9.75. The number of carbonyl (C=O) groups is 1. The second-order valence-electron chi connectivity index (χ2n) is 9.17. The quantitative estimate of drug-likeness (QED) is 0.790. The first kappa shape index (κ1) is 20.6. The monoisotopic (exact) mass is 402 g/mol. The number of hydrogen-bond donors (Lipinski definition) is 1. The summed E-state index contributed by atoms with van der Waals surface area (Å²) >= 11 is 0. The third kappa shape index (κ3) is 4.60. The van der Waals surface area contributed by atoms with E-state index < -0.39 is 0 Å². The van der Waals surface area contributed by atoms with Crippen LogP contribution in [0.1, 0.15) is 31.7 Å². The predicted octanol–water partition coefficient (Wildman–Crippen LogP) is 2.15. The topological polar surface area (TPSA) is 62.2 Å². The highest BCUT2D eigenvalue weighted by Crippen LogP contribution is 2.42. The number of hydrogen-bond acceptors (Lipinski definition) is 5. The lowest BCUT2D eigenvalue weighted by molar-refractivity contribution is -0.134. The summed E-state index contributed by atoms with van der Waals surface area (Å²) < 4.78 is 11.6. The third-order valence-corrected chi connectivity index (χ3v) is 7.12. The maximum atomic E-state index is 12.5. The lowest BCUT2D eigenvalue weighted by Crippen LogP contribution is -2.41. The van der Waals surface area contributed by atoms with Crippen molar-refractivity contribution in [2.75, 3.05) is 52.6 Å². The Hall–Kier alpha value is -1.63. The number of carbonyl (C=O) groups excluding carboxylic acids is 1. The summed E-state index contributed by atoms with van der Waals surface area (Å²) in [6, 6.07) is 8.00. The van der Waals surface area contributed by atoms with Gasteiger partial charge in [-0.15, -0.1) is 0 Å². The molecule has 6 heteroatoms. The van der Waals surface area contributed by atoms with Gasteiger partial charge in [-0.3, -0.25) is 9.69 Å². The van der Waals surface area contributed by atoms with Crippen molar-refractivity contribution in [2.24, 2.45) is 17.3 Å². The number of aliphatic hydroxyl groups excluding tert-OH is 1. The summed E-state index contributed by atoms with van der Waals surface area (Å²) in [5.41, 5.74) is 1.07. The number of benzene rings is 1. The lowest BCUT2D eigenvalue weighted by Gasteiger charge is -2.36. The molecule has 0 spiro atoms. The molecule has 6 nitrogen and oxygen atoms in total. The zero-order valence-corrected chi connectivity index (χ0v) is 17.5. The molecule has 3 aliphatic heterocycles. The van der Waals surface area contributed by atoms with Crippen molar-refractivity contribution in [3.05, 3.63) is 29.8 Å². The van der Waals surface area contributed by atoms with E-state index in [2.05, 4.69) is 17.9 Å². The van der Waals surface area contributed by atoms with Crippen molar-refractivity contribution < 1.29 is 19.4 Å². The molecule has 4 rings (SSSR count). The van der Waals surface area contributed by atoms with Crippen LogP contribution in [0.2, 0.25) is 0 Å². The number of ether oxygens (including phenoxy) is 2. The van der Waals surface area contributed by atoms with E-state index in [1.54, 1.807) is 0 Å². The van der Waals surface area contributed by atoms with E-state index in [-0.39, 0.29) is 24.5 Å². The van der Waals surface area contributed by atoms with Gasteiger partial charge in [-0.25, -0.2) is 0 Å². The van der Waals surface area contributed by atoms with Crippen LogP contribution in [0.5, 0.6) is 5.75 Å². The van der Waals surface area contributed by atoms with E-state index in [0.717, 1.165) is 76.5 Å². The fraction of sp³-hybridized carbons (Fsp3) is 0.696. The van der Waals surface area contributed by atoms with Crippen molar-refractivity contribution in [2.45, 2.75) is 32.7 Å². The maximum absolute atomic E-state index is 12.5. The van der Waals surface area contributed by atoms with Crippen LogP contribution in [0.15, 0.2) is 24.3 Å². The predicted molar refractivity (Wildman–Crippen MR) is 111 cm³/mol. The number of para-hydroxylation sites is 1. The van der Waals surface area contributed by atoms with Crippen LogP contribution in [0.4, 0.5) is 0 Å². The van der Waals surface area contributed by atoms with Crippen LogP contribution in [-0.2, 0) is 16.1 Å². The van der Waals surface area contributed by atoms with Crippen LogP contribution in [0, 0.1) is 17.3 Å². The molecule has 160 valence electrons. The number of piperidine rings is 1. The average Bonchev–Trinajstić information content (AvgIpc) is 3.12. The summed E-state index contributed by atoms with van der Waals surface area (Å²) in [5.74, 6) is 1.96. The highest BCUT2D eigenvalue weighted by Gasteiger charge is 2.47. The molecule has 3 heterocycles. The number of fused-ring (bicyclic) bond motifs is 1. The molecule has 0 aliphatic carbocycles. The van der Waals surface area contributed by atoms with Gasteiger partial charge >= 0.3 is 0 Å². The van der Waals surface area contributed by atoms with Gasteiger partial charge in [0.15, 0.2) is 6.61 Å². The van der Waals surface area contributed by atoms with Gasteiger partial charge in [0.05, 0.1) is 13.2 Å². The fourth-order valence-electron chi connectivity index (χ4n) is 5.04. The van der Waals surface area contributed by atoms with Crippen LogP contribution in [-0.4, -0.2) is 73.4 Å². The fourth-order valence-corrected chi connectivity index (χ4v) is 5.04. The van der Waals surface area contributed by atoms with E-state index in [1.165, 1.54) is 0 Å². The molecule has 3 aliphatic rings. The van der Waals surface area contributed by atoms with Crippen LogP contribution >= 0.6 is 0 Å². The van der Waals surface area contributed by atoms with Gasteiger partial charge in [0.1, 0.15) is 5.75 Å². The highest BCUT2D eigenvalue weighted by molar-refractivity contribution is 5.77. The average molecular weight is 403 g/mol. The van der Waals surface area contributed by atoms with Crippen molar-refractivity contribution in [1.82, 2.24) is 9.80 Å². The van der Waals surface area contributed by atoms with Gasteiger partial charge < -0.3 is 19.5 Å². The van der Waals surface area contributed by atoms with Crippen LogP contribution in [0.25, 0.3) is 0 Å². The van der Waals surface area contributed by atoms with Crippen LogP contribution in [0.3, 0.4) is 0 Å². The van der Waals surface area contributed by atoms with Gasteiger partial charge in [0.2, 0.25) is 0 Å². The zero-order valence-electron chi connectivity index (χ0n) is 17.5. The molecule has 0 radical (unpaired) electrons. The first-order valence-corrected chi connectivity index (χ1v) is 11.0. The van der Waals surface area contributed by atoms with Crippen molar-refractivity contribution >= 4 is 5.91 Å². The van der Waals surface area contributed by atoms with Crippen molar-refractivity contribution in [1.29, 1.82) is 0 Å². The third-order valence-electron chi connectivity index (χ3n) is 7.12. The SMILES string of the molecule is CC1CCN(C(=O)COc2ccccc2CN2C[C@@H]3COCC[C@]3(CO)C2)CC1. The van der Waals surface area contributed by atoms with E-state index in [0.29, 0.717) is 11.8 Å². The first-order valence-electron chi connectivity index (χ1n) is 11.0. The van der Waals surface area contributed by atoms with E-state index >= 15 is 0 Å². The van der Waals surface area contributed by atoms with Crippen molar-refractivity contribution in [3.8, 4) is 5.75 Å². The second-order valence-corrected chi connectivity index (χ2v) is 9.17. The molecule has 2 atom stereocenters. The Labute approximate surface area is 173 Å². The Balaban J connectivity index is 1.36. The Kier molecular flexibility index (Phi) is 6.42. The number of nitrogens with zero attached hydrogens (tertiary/aromatic N) is 2. The van der Waals surface area contributed by atoms with Gasteiger partial charge in [-0.1, -0.05) is 25.1 Å². The minimum Gasteiger partial charge on any atom is -0.483 e. The molecule has 1 N–H and O–H groups in total. The van der Waals surface area contributed by atoms with Crippen LogP contribution < -0.4 is 4.74 Å². The van der Waals surface area contributed by atoms with E-state index in [1.807, 2.05) is 23.1 Å². The summed E-state index contributed by atoms with van der Waals surface area (Å²) in [7, 11) is 0. The molecular formula is C23H34N2O4. The van der Waals surface area contributed by atoms with Gasteiger partial charge in [0, 0.05) is 56.2 Å². The Morgan fingerprint density at radius 1 is 1.31 bits per heavy atom. The standard InChI is InChI=1S/C23H34N2O4/c1-18-6-9-25(10-7-18)22(27)15-29-21-5-3-2-4-19(21)12-24-13-20-14-28-11-8-23(20,16-24)17-26/h2-5,18,20,26H,6-17H2,1H3/t20-,23-/m1/s1. The molecule has 29 heavy (non-hydrogen) atoms. The first-order chi connectivity index (χ1) is 14.1. The summed E-state index contributed by atoms with van der Waals surface area (Å²) in [5, 5.41) is 10.0. The van der Waals surface area contributed by atoms with E-state index in [9.17, 15) is 9.90 Å². The molecule has 3 fully saturated rings. The molecule has 0 unspecified atom stereocenters. The largest absolute Gasteiger partial charge is 0.483 e. The zero-order chi connectivity index (χ0) is 20.3. The van der Waals surface area contributed by atoms with Gasteiger partial charge in [-0.2, -0.15) is 0 Å². The molecular weight excluding hydrogens is 368 g/mol. The number of amides is 1. The Bertz CT molecular complexity index is 704. The smallest absolute Gasteiger partial charge is 0.260 e. The molecule has 3 saturated heterocycles. The minimum atomic E-state index is -0.0323. The highest BCUT2D eigenvalue weighted by atomic mass is 16.5. The summed E-state index contributed by atoms with van der Waals surface area (Å²) in [6.45, 7) is 8.30.